The lowest BCUT2D eigenvalue weighted by atomic mass is 10.2. The van der Waals surface area contributed by atoms with E-state index in [1.165, 1.54) is 30.3 Å². The highest BCUT2D eigenvalue weighted by molar-refractivity contribution is 8.14. The molecule has 0 aliphatic heterocycles. The number of aromatic nitrogens is 1. The molecule has 3 rings (SSSR count). The van der Waals surface area contributed by atoms with Crippen molar-refractivity contribution in [2.45, 2.75) is 23.1 Å². The van der Waals surface area contributed by atoms with Gasteiger partial charge >= 0.3 is 0 Å². The van der Waals surface area contributed by atoms with Crippen molar-refractivity contribution in [2.24, 2.45) is 0 Å². The van der Waals surface area contributed by atoms with Crippen molar-refractivity contribution in [3.05, 3.63) is 59.2 Å². The number of hydrogen-bond donors (Lipinski definition) is 0. The fourth-order valence-corrected chi connectivity index (χ4v) is 6.14. The van der Waals surface area contributed by atoms with Crippen molar-refractivity contribution >= 4 is 52.3 Å². The second kappa shape index (κ2) is 6.32. The second-order valence-corrected chi connectivity index (χ2v) is 10.0. The molecule has 0 saturated heterocycles. The number of nitrogens with zero attached hydrogens (tertiary/aromatic N) is 1. The smallest absolute Gasteiger partial charge is 0.237 e. The molecule has 9 heteroatoms. The standard InChI is InChI=1S/C16H13Cl2NO4S2/c1-2-14-16(24(18,20)21)13-10-11(17)8-9-15(13)19(14)25(22,23)12-6-4-3-5-7-12/h3-10H,2H2,1H3. The Morgan fingerprint density at radius 2 is 1.64 bits per heavy atom. The maximum atomic E-state index is 13.1. The zero-order chi connectivity index (χ0) is 18.4. The van der Waals surface area contributed by atoms with Crippen LogP contribution in [0.2, 0.25) is 5.02 Å². The number of fused-ring (bicyclic) bond motifs is 1. The lowest BCUT2D eigenvalue weighted by molar-refractivity contribution is 0.586. The molecule has 0 aliphatic rings. The Morgan fingerprint density at radius 1 is 1.00 bits per heavy atom. The van der Waals surface area contributed by atoms with Gasteiger partial charge in [0.15, 0.2) is 0 Å². The molecule has 0 radical (unpaired) electrons. The molecule has 2 aromatic carbocycles. The van der Waals surface area contributed by atoms with E-state index in [2.05, 4.69) is 0 Å². The van der Waals surface area contributed by atoms with Gasteiger partial charge in [0.05, 0.1) is 16.1 Å². The van der Waals surface area contributed by atoms with E-state index < -0.39 is 19.1 Å². The van der Waals surface area contributed by atoms with Crippen LogP contribution in [-0.4, -0.2) is 20.8 Å². The molecule has 3 aromatic rings. The Labute approximate surface area is 155 Å². The summed E-state index contributed by atoms with van der Waals surface area (Å²) in [6.45, 7) is 1.67. The van der Waals surface area contributed by atoms with Crippen molar-refractivity contribution in [3.63, 3.8) is 0 Å². The Morgan fingerprint density at radius 3 is 2.20 bits per heavy atom. The van der Waals surface area contributed by atoms with E-state index >= 15 is 0 Å². The highest BCUT2D eigenvalue weighted by Gasteiger charge is 2.31. The summed E-state index contributed by atoms with van der Waals surface area (Å²) in [5.41, 5.74) is 0.306. The van der Waals surface area contributed by atoms with Crippen LogP contribution in [0.5, 0.6) is 0 Å². The average Bonchev–Trinajstić information content (AvgIpc) is 2.89. The van der Waals surface area contributed by atoms with E-state index in [4.69, 9.17) is 22.3 Å². The first-order chi connectivity index (χ1) is 11.7. The predicted molar refractivity (Wildman–Crippen MR) is 98.4 cm³/mol. The lowest BCUT2D eigenvalue weighted by Crippen LogP contribution is -2.16. The minimum absolute atomic E-state index is 0.0510. The molecule has 0 fully saturated rings. The molecular formula is C16H13Cl2NO4S2. The van der Waals surface area contributed by atoms with Gasteiger partial charge in [0.25, 0.3) is 19.1 Å². The van der Waals surface area contributed by atoms with Gasteiger partial charge in [0.2, 0.25) is 0 Å². The van der Waals surface area contributed by atoms with Crippen LogP contribution in [0.1, 0.15) is 12.6 Å². The number of halogens is 2. The third-order valence-corrected chi connectivity index (χ3v) is 7.20. The summed E-state index contributed by atoms with van der Waals surface area (Å²) in [4.78, 5) is -0.177. The molecule has 0 N–H and O–H groups in total. The van der Waals surface area contributed by atoms with Gasteiger partial charge in [-0.05, 0) is 36.8 Å². The van der Waals surface area contributed by atoms with Crippen LogP contribution >= 0.6 is 22.3 Å². The van der Waals surface area contributed by atoms with E-state index in [1.807, 2.05) is 0 Å². The predicted octanol–water partition coefficient (Wildman–Crippen LogP) is 4.02. The summed E-state index contributed by atoms with van der Waals surface area (Å²) in [6, 6.07) is 12.2. The number of benzene rings is 2. The Bertz CT molecular complexity index is 1170. The Kier molecular flexibility index (Phi) is 4.61. The van der Waals surface area contributed by atoms with Gasteiger partial charge < -0.3 is 0 Å². The summed E-state index contributed by atoms with van der Waals surface area (Å²) in [5.74, 6) is 0. The molecule has 1 heterocycles. The zero-order valence-electron chi connectivity index (χ0n) is 13.0. The maximum absolute atomic E-state index is 13.1. The average molecular weight is 418 g/mol. The van der Waals surface area contributed by atoms with E-state index in [1.54, 1.807) is 25.1 Å². The monoisotopic (exact) mass is 417 g/mol. The molecular weight excluding hydrogens is 405 g/mol. The molecule has 1 aromatic heterocycles. The summed E-state index contributed by atoms with van der Waals surface area (Å²) in [7, 11) is -2.59. The first-order valence-corrected chi connectivity index (χ1v) is 11.4. The fourth-order valence-electron chi connectivity index (χ4n) is 2.81. The Hall–Kier alpha value is -1.54. The normalized spacial score (nSPS) is 12.6. The minimum atomic E-state index is -4.18. The number of rotatable bonds is 4. The van der Waals surface area contributed by atoms with Gasteiger partial charge in [-0.2, -0.15) is 0 Å². The highest BCUT2D eigenvalue weighted by atomic mass is 35.7. The van der Waals surface area contributed by atoms with Crippen molar-refractivity contribution < 1.29 is 16.8 Å². The third kappa shape index (κ3) is 3.06. The lowest BCUT2D eigenvalue weighted by Gasteiger charge is -2.11. The molecule has 0 unspecified atom stereocenters. The van der Waals surface area contributed by atoms with Crippen LogP contribution in [0.25, 0.3) is 10.9 Å². The van der Waals surface area contributed by atoms with Gasteiger partial charge in [-0.1, -0.05) is 36.7 Å². The zero-order valence-corrected chi connectivity index (χ0v) is 16.1. The summed E-state index contributed by atoms with van der Waals surface area (Å²) in [6.07, 6.45) is 0.152. The van der Waals surface area contributed by atoms with E-state index in [0.717, 1.165) is 3.97 Å². The number of hydrogen-bond acceptors (Lipinski definition) is 4. The van der Waals surface area contributed by atoms with Crippen LogP contribution in [0, 0.1) is 0 Å². The quantitative estimate of drug-likeness (QED) is 0.600. The summed E-state index contributed by atoms with van der Waals surface area (Å²) >= 11 is 5.98. The van der Waals surface area contributed by atoms with Crippen LogP contribution in [0.15, 0.2) is 58.3 Å². The van der Waals surface area contributed by atoms with Crippen molar-refractivity contribution in [2.75, 3.05) is 0 Å². The second-order valence-electron chi connectivity index (χ2n) is 5.31. The van der Waals surface area contributed by atoms with Gasteiger partial charge in [-0.25, -0.2) is 20.8 Å². The molecule has 0 bridgehead atoms. The van der Waals surface area contributed by atoms with Crippen molar-refractivity contribution in [3.8, 4) is 0 Å². The van der Waals surface area contributed by atoms with Crippen molar-refractivity contribution in [1.82, 2.24) is 3.97 Å². The van der Waals surface area contributed by atoms with Crippen LogP contribution in [0.4, 0.5) is 0 Å². The van der Waals surface area contributed by atoms with Crippen LogP contribution in [0.3, 0.4) is 0 Å². The molecule has 132 valence electrons. The van der Waals surface area contributed by atoms with E-state index in [-0.39, 0.29) is 37.8 Å². The van der Waals surface area contributed by atoms with E-state index in [9.17, 15) is 16.8 Å². The third-order valence-electron chi connectivity index (χ3n) is 3.79. The van der Waals surface area contributed by atoms with Crippen molar-refractivity contribution in [1.29, 1.82) is 0 Å². The largest absolute Gasteiger partial charge is 0.268 e. The molecule has 25 heavy (non-hydrogen) atoms. The molecule has 5 nitrogen and oxygen atoms in total. The maximum Gasteiger partial charge on any atom is 0.268 e. The van der Waals surface area contributed by atoms with Gasteiger partial charge in [-0.15, -0.1) is 0 Å². The minimum Gasteiger partial charge on any atom is -0.237 e. The van der Waals surface area contributed by atoms with Gasteiger partial charge in [0.1, 0.15) is 4.90 Å². The molecule has 0 saturated carbocycles. The highest BCUT2D eigenvalue weighted by Crippen LogP contribution is 2.36. The van der Waals surface area contributed by atoms with Crippen LogP contribution < -0.4 is 0 Å². The van der Waals surface area contributed by atoms with Crippen LogP contribution in [-0.2, 0) is 25.5 Å². The first kappa shape index (κ1) is 18.3. The Balaban J connectivity index is 2.53. The molecule has 0 atom stereocenters. The molecule has 0 spiro atoms. The fraction of sp³-hybridized carbons (Fsp3) is 0.125. The van der Waals surface area contributed by atoms with Gasteiger partial charge in [-0.3, -0.25) is 0 Å². The SMILES string of the molecule is CCc1c(S(=O)(=O)Cl)c2cc(Cl)ccc2n1S(=O)(=O)c1ccccc1. The topological polar surface area (TPSA) is 73.2 Å². The first-order valence-electron chi connectivity index (χ1n) is 7.26. The summed E-state index contributed by atoms with van der Waals surface area (Å²) < 4.78 is 51.6. The molecule has 0 amide bonds. The van der Waals surface area contributed by atoms with Gasteiger partial charge in [0, 0.05) is 21.1 Å². The summed E-state index contributed by atoms with van der Waals surface area (Å²) in [5, 5.41) is 0.463. The van der Waals surface area contributed by atoms with E-state index in [0.29, 0.717) is 0 Å². The molecule has 0 aliphatic carbocycles.